The monoisotopic (exact) mass is 387 g/mol. The molecule has 0 saturated carbocycles. The van der Waals surface area contributed by atoms with E-state index in [2.05, 4.69) is 16.0 Å². The Kier molecular flexibility index (Phi) is 7.20. The standard InChI is InChI=1S/C20H25N3O5/c1-20(2,3)28-19(26)23-13-14-6-8-15(9-7-14)17(24)21-10-11-22-18(25)16-5-4-12-27-16/h4-9,12H,10-11,13H2,1-3H3,(H,21,24)(H,22,25)(H,23,26). The molecular weight excluding hydrogens is 362 g/mol. The molecule has 3 N–H and O–H groups in total. The molecule has 0 spiro atoms. The van der Waals surface area contributed by atoms with E-state index in [1.165, 1.54) is 6.26 Å². The minimum atomic E-state index is -0.552. The third-order valence-corrected chi connectivity index (χ3v) is 3.49. The summed E-state index contributed by atoms with van der Waals surface area (Å²) in [6, 6.07) is 10.0. The minimum absolute atomic E-state index is 0.224. The largest absolute Gasteiger partial charge is 0.459 e. The molecule has 0 aliphatic rings. The zero-order valence-electron chi connectivity index (χ0n) is 16.2. The highest BCUT2D eigenvalue weighted by Crippen LogP contribution is 2.08. The van der Waals surface area contributed by atoms with Crippen LogP contribution in [0.1, 0.15) is 47.2 Å². The Morgan fingerprint density at radius 3 is 2.14 bits per heavy atom. The average Bonchev–Trinajstić information content (AvgIpc) is 3.17. The first-order chi connectivity index (χ1) is 13.2. The van der Waals surface area contributed by atoms with Crippen molar-refractivity contribution in [1.82, 2.24) is 16.0 Å². The van der Waals surface area contributed by atoms with Gasteiger partial charge in [-0.15, -0.1) is 0 Å². The van der Waals surface area contributed by atoms with Crippen molar-refractivity contribution < 1.29 is 23.5 Å². The topological polar surface area (TPSA) is 110 Å². The van der Waals surface area contributed by atoms with Crippen molar-refractivity contribution in [3.63, 3.8) is 0 Å². The predicted octanol–water partition coefficient (Wildman–Crippen LogP) is 2.46. The molecule has 1 aromatic carbocycles. The van der Waals surface area contributed by atoms with Gasteiger partial charge in [0.2, 0.25) is 0 Å². The Morgan fingerprint density at radius 1 is 0.929 bits per heavy atom. The zero-order valence-corrected chi connectivity index (χ0v) is 16.2. The van der Waals surface area contributed by atoms with Crippen LogP contribution in [0.4, 0.5) is 4.79 Å². The summed E-state index contributed by atoms with van der Waals surface area (Å²) in [7, 11) is 0. The fourth-order valence-corrected chi connectivity index (χ4v) is 2.21. The second kappa shape index (κ2) is 9.59. The Morgan fingerprint density at radius 2 is 1.57 bits per heavy atom. The molecule has 0 bridgehead atoms. The molecule has 2 aromatic rings. The molecule has 1 heterocycles. The molecule has 0 radical (unpaired) electrons. The van der Waals surface area contributed by atoms with E-state index in [9.17, 15) is 14.4 Å². The summed E-state index contributed by atoms with van der Waals surface area (Å²) < 4.78 is 10.1. The van der Waals surface area contributed by atoms with Crippen LogP contribution in [-0.4, -0.2) is 36.6 Å². The van der Waals surface area contributed by atoms with Gasteiger partial charge in [0.15, 0.2) is 5.76 Å². The van der Waals surface area contributed by atoms with Crippen molar-refractivity contribution in [3.8, 4) is 0 Å². The normalized spacial score (nSPS) is 10.8. The van der Waals surface area contributed by atoms with Gasteiger partial charge in [0.05, 0.1) is 6.26 Å². The lowest BCUT2D eigenvalue weighted by Crippen LogP contribution is -2.34. The number of carbonyl (C=O) groups is 3. The maximum absolute atomic E-state index is 12.1. The number of ether oxygens (including phenoxy) is 1. The molecule has 2 rings (SSSR count). The molecule has 28 heavy (non-hydrogen) atoms. The van der Waals surface area contributed by atoms with E-state index in [1.54, 1.807) is 57.2 Å². The second-order valence-corrected chi connectivity index (χ2v) is 7.04. The molecule has 150 valence electrons. The van der Waals surface area contributed by atoms with Gasteiger partial charge in [-0.3, -0.25) is 9.59 Å². The number of furan rings is 1. The molecule has 8 heteroatoms. The highest BCUT2D eigenvalue weighted by Gasteiger charge is 2.15. The molecule has 0 aliphatic heterocycles. The number of rotatable bonds is 7. The highest BCUT2D eigenvalue weighted by atomic mass is 16.6. The highest BCUT2D eigenvalue weighted by molar-refractivity contribution is 5.94. The van der Waals surface area contributed by atoms with E-state index in [1.807, 2.05) is 0 Å². The first-order valence-corrected chi connectivity index (χ1v) is 8.90. The zero-order chi connectivity index (χ0) is 20.6. The maximum atomic E-state index is 12.1. The molecule has 1 aromatic heterocycles. The molecular formula is C20H25N3O5. The van der Waals surface area contributed by atoms with Gasteiger partial charge < -0.3 is 25.1 Å². The van der Waals surface area contributed by atoms with Crippen molar-refractivity contribution in [3.05, 3.63) is 59.5 Å². The molecule has 0 fully saturated rings. The van der Waals surface area contributed by atoms with Gasteiger partial charge >= 0.3 is 6.09 Å². The van der Waals surface area contributed by atoms with Crippen LogP contribution in [0, 0.1) is 0 Å². The van der Waals surface area contributed by atoms with Crippen LogP contribution in [0.5, 0.6) is 0 Å². The maximum Gasteiger partial charge on any atom is 0.407 e. The van der Waals surface area contributed by atoms with Crippen LogP contribution < -0.4 is 16.0 Å². The Labute approximate surface area is 163 Å². The summed E-state index contributed by atoms with van der Waals surface area (Å²) in [4.78, 5) is 35.5. The first kappa shape index (κ1) is 21.0. The van der Waals surface area contributed by atoms with Crippen molar-refractivity contribution in [2.45, 2.75) is 32.9 Å². The van der Waals surface area contributed by atoms with Crippen molar-refractivity contribution in [1.29, 1.82) is 0 Å². The summed E-state index contributed by atoms with van der Waals surface area (Å²) in [5.41, 5.74) is 0.773. The fourth-order valence-electron chi connectivity index (χ4n) is 2.21. The number of hydrogen-bond donors (Lipinski definition) is 3. The summed E-state index contributed by atoms with van der Waals surface area (Å²) >= 11 is 0. The van der Waals surface area contributed by atoms with Crippen molar-refractivity contribution in [2.75, 3.05) is 13.1 Å². The van der Waals surface area contributed by atoms with Crippen LogP contribution >= 0.6 is 0 Å². The number of alkyl carbamates (subject to hydrolysis) is 1. The van der Waals surface area contributed by atoms with Gasteiger partial charge in [-0.1, -0.05) is 12.1 Å². The Balaban J connectivity index is 1.71. The van der Waals surface area contributed by atoms with E-state index < -0.39 is 11.7 Å². The van der Waals surface area contributed by atoms with Crippen LogP contribution in [0.2, 0.25) is 0 Å². The van der Waals surface area contributed by atoms with Gasteiger partial charge in [0, 0.05) is 25.2 Å². The van der Waals surface area contributed by atoms with Gasteiger partial charge in [-0.25, -0.2) is 4.79 Å². The van der Waals surface area contributed by atoms with Crippen LogP contribution in [0.25, 0.3) is 0 Å². The molecule has 8 nitrogen and oxygen atoms in total. The number of amides is 3. The minimum Gasteiger partial charge on any atom is -0.459 e. The average molecular weight is 387 g/mol. The summed E-state index contributed by atoms with van der Waals surface area (Å²) in [5, 5.41) is 8.02. The lowest BCUT2D eigenvalue weighted by Gasteiger charge is -2.19. The van der Waals surface area contributed by atoms with Gasteiger partial charge in [0.25, 0.3) is 11.8 Å². The second-order valence-electron chi connectivity index (χ2n) is 7.04. The van der Waals surface area contributed by atoms with Crippen LogP contribution in [0.3, 0.4) is 0 Å². The Bertz CT molecular complexity index is 792. The molecule has 0 unspecified atom stereocenters. The number of benzene rings is 1. The predicted molar refractivity (Wildman–Crippen MR) is 103 cm³/mol. The first-order valence-electron chi connectivity index (χ1n) is 8.90. The van der Waals surface area contributed by atoms with Crippen LogP contribution in [-0.2, 0) is 11.3 Å². The molecule has 0 aliphatic carbocycles. The lowest BCUT2D eigenvalue weighted by atomic mass is 10.1. The fraction of sp³-hybridized carbons (Fsp3) is 0.350. The van der Waals surface area contributed by atoms with Crippen molar-refractivity contribution in [2.24, 2.45) is 0 Å². The third kappa shape index (κ3) is 7.14. The van der Waals surface area contributed by atoms with E-state index >= 15 is 0 Å². The number of carbonyl (C=O) groups excluding carboxylic acids is 3. The number of hydrogen-bond acceptors (Lipinski definition) is 5. The molecule has 0 saturated heterocycles. The van der Waals surface area contributed by atoms with Gasteiger partial charge in [-0.2, -0.15) is 0 Å². The quantitative estimate of drug-likeness (QED) is 0.632. The van der Waals surface area contributed by atoms with E-state index in [-0.39, 0.29) is 30.7 Å². The summed E-state index contributed by atoms with van der Waals surface area (Å²) in [6.07, 6.45) is 0.926. The van der Waals surface area contributed by atoms with E-state index in [0.717, 1.165) is 5.56 Å². The molecule has 3 amide bonds. The molecule has 0 atom stereocenters. The Hall–Kier alpha value is -3.29. The summed E-state index contributed by atoms with van der Waals surface area (Å²) in [6.45, 7) is 6.25. The third-order valence-electron chi connectivity index (χ3n) is 3.49. The SMILES string of the molecule is CC(C)(C)OC(=O)NCc1ccc(C(=O)NCCNC(=O)c2ccco2)cc1. The smallest absolute Gasteiger partial charge is 0.407 e. The van der Waals surface area contributed by atoms with Crippen molar-refractivity contribution >= 4 is 17.9 Å². The summed E-state index contributed by atoms with van der Waals surface area (Å²) in [5.74, 6) is -0.359. The van der Waals surface area contributed by atoms with E-state index in [4.69, 9.17) is 9.15 Å². The van der Waals surface area contributed by atoms with Gasteiger partial charge in [-0.05, 0) is 50.6 Å². The van der Waals surface area contributed by atoms with Gasteiger partial charge in [0.1, 0.15) is 5.60 Å². The van der Waals surface area contributed by atoms with E-state index in [0.29, 0.717) is 12.1 Å². The van der Waals surface area contributed by atoms with Crippen LogP contribution in [0.15, 0.2) is 47.1 Å². The lowest BCUT2D eigenvalue weighted by molar-refractivity contribution is 0.0523. The number of nitrogens with one attached hydrogen (secondary N) is 3.